The molecule has 1 heterocycles. The number of carbonyl (C=O) groups is 1. The SMILES string of the molecule is CC(N)(C(=O)N1CCCC1c1cccc(Cl)c1)C(F)(F)F. The molecule has 1 aliphatic heterocycles. The van der Waals surface area contributed by atoms with E-state index in [-0.39, 0.29) is 6.54 Å². The van der Waals surface area contributed by atoms with Crippen LogP contribution in [-0.2, 0) is 4.79 Å². The molecule has 1 fully saturated rings. The van der Waals surface area contributed by atoms with E-state index in [1.54, 1.807) is 24.3 Å². The number of halogens is 4. The van der Waals surface area contributed by atoms with E-state index < -0.39 is 23.7 Å². The van der Waals surface area contributed by atoms with Crippen LogP contribution in [-0.4, -0.2) is 29.1 Å². The second-order valence-electron chi connectivity index (χ2n) is 5.41. The van der Waals surface area contributed by atoms with Crippen molar-refractivity contribution >= 4 is 17.5 Å². The molecule has 3 nitrogen and oxygen atoms in total. The minimum atomic E-state index is -4.79. The monoisotopic (exact) mass is 320 g/mol. The highest BCUT2D eigenvalue weighted by Gasteiger charge is 2.56. The summed E-state index contributed by atoms with van der Waals surface area (Å²) in [4.78, 5) is 13.4. The first kappa shape index (κ1) is 16.1. The smallest absolute Gasteiger partial charge is 0.334 e. The van der Waals surface area contributed by atoms with Crippen molar-refractivity contribution < 1.29 is 18.0 Å². The molecule has 21 heavy (non-hydrogen) atoms. The van der Waals surface area contributed by atoms with Crippen LogP contribution >= 0.6 is 11.6 Å². The van der Waals surface area contributed by atoms with Gasteiger partial charge in [-0.2, -0.15) is 13.2 Å². The number of hydrogen-bond donors (Lipinski definition) is 1. The average Bonchev–Trinajstić information content (AvgIpc) is 2.85. The average molecular weight is 321 g/mol. The molecular weight excluding hydrogens is 305 g/mol. The Kier molecular flexibility index (Phi) is 4.22. The van der Waals surface area contributed by atoms with Crippen LogP contribution in [0.4, 0.5) is 13.2 Å². The summed E-state index contributed by atoms with van der Waals surface area (Å²) >= 11 is 5.90. The van der Waals surface area contributed by atoms with E-state index >= 15 is 0 Å². The summed E-state index contributed by atoms with van der Waals surface area (Å²) in [5.41, 5.74) is 3.09. The van der Waals surface area contributed by atoms with Crippen LogP contribution in [0, 0.1) is 0 Å². The van der Waals surface area contributed by atoms with Crippen molar-refractivity contribution in [1.82, 2.24) is 4.90 Å². The number of amides is 1. The third kappa shape index (κ3) is 3.01. The highest BCUT2D eigenvalue weighted by atomic mass is 35.5. The molecular formula is C14H16ClF3N2O. The van der Waals surface area contributed by atoms with Crippen LogP contribution in [0.25, 0.3) is 0 Å². The molecule has 0 saturated carbocycles. The second-order valence-corrected chi connectivity index (χ2v) is 5.85. The van der Waals surface area contributed by atoms with E-state index in [4.69, 9.17) is 17.3 Å². The lowest BCUT2D eigenvalue weighted by atomic mass is 9.98. The Morgan fingerprint density at radius 3 is 2.67 bits per heavy atom. The molecule has 0 bridgehead atoms. The third-order valence-electron chi connectivity index (χ3n) is 3.78. The van der Waals surface area contributed by atoms with Gasteiger partial charge in [-0.25, -0.2) is 0 Å². The number of hydrogen-bond acceptors (Lipinski definition) is 2. The highest BCUT2D eigenvalue weighted by Crippen LogP contribution is 2.37. The zero-order valence-corrected chi connectivity index (χ0v) is 12.2. The van der Waals surface area contributed by atoms with Crippen LogP contribution in [0.15, 0.2) is 24.3 Å². The molecule has 7 heteroatoms. The van der Waals surface area contributed by atoms with Crippen LogP contribution < -0.4 is 5.73 Å². The Labute approximate surface area is 125 Å². The first-order valence-corrected chi connectivity index (χ1v) is 6.94. The summed E-state index contributed by atoms with van der Waals surface area (Å²) < 4.78 is 38.8. The van der Waals surface area contributed by atoms with E-state index in [0.717, 1.165) is 5.56 Å². The van der Waals surface area contributed by atoms with E-state index in [1.807, 2.05) is 0 Å². The zero-order valence-electron chi connectivity index (χ0n) is 11.5. The maximum absolute atomic E-state index is 12.9. The van der Waals surface area contributed by atoms with Gasteiger partial charge in [0.2, 0.25) is 0 Å². The lowest BCUT2D eigenvalue weighted by Crippen LogP contribution is -2.62. The maximum atomic E-state index is 12.9. The predicted octanol–water partition coefficient (Wildman–Crippen LogP) is 3.28. The normalized spacial score (nSPS) is 22.2. The number of nitrogens with zero attached hydrogens (tertiary/aromatic N) is 1. The zero-order chi connectivity index (χ0) is 15.8. The van der Waals surface area contributed by atoms with Crippen LogP contribution in [0.1, 0.15) is 31.4 Å². The minimum Gasteiger partial charge on any atom is -0.334 e. The Morgan fingerprint density at radius 1 is 1.43 bits per heavy atom. The summed E-state index contributed by atoms with van der Waals surface area (Å²) in [6, 6.07) is 6.39. The number of carbonyl (C=O) groups excluding carboxylic acids is 1. The van der Waals surface area contributed by atoms with Gasteiger partial charge in [-0.3, -0.25) is 4.79 Å². The van der Waals surface area contributed by atoms with Crippen LogP contribution in [0.3, 0.4) is 0 Å². The number of nitrogens with two attached hydrogens (primary N) is 1. The van der Waals surface area contributed by atoms with Gasteiger partial charge in [0.1, 0.15) is 0 Å². The summed E-state index contributed by atoms with van der Waals surface area (Å²) in [6.07, 6.45) is -3.55. The number of likely N-dealkylation sites (tertiary alicyclic amines) is 1. The lowest BCUT2D eigenvalue weighted by Gasteiger charge is -2.34. The van der Waals surface area contributed by atoms with E-state index in [0.29, 0.717) is 24.8 Å². The summed E-state index contributed by atoms with van der Waals surface area (Å²) in [5.74, 6) is -1.10. The molecule has 1 aromatic rings. The number of benzene rings is 1. The molecule has 0 aliphatic carbocycles. The van der Waals surface area contributed by atoms with E-state index in [9.17, 15) is 18.0 Å². The molecule has 2 rings (SSSR count). The topological polar surface area (TPSA) is 46.3 Å². The molecule has 1 aromatic carbocycles. The maximum Gasteiger partial charge on any atom is 0.415 e. The Hall–Kier alpha value is -1.27. The third-order valence-corrected chi connectivity index (χ3v) is 4.02. The first-order valence-electron chi connectivity index (χ1n) is 6.57. The van der Waals surface area contributed by atoms with Gasteiger partial charge in [0.05, 0.1) is 6.04 Å². The van der Waals surface area contributed by atoms with Crippen molar-refractivity contribution in [1.29, 1.82) is 0 Å². The van der Waals surface area contributed by atoms with Crippen molar-refractivity contribution in [3.63, 3.8) is 0 Å². The molecule has 2 N–H and O–H groups in total. The van der Waals surface area contributed by atoms with Gasteiger partial charge in [-0.05, 0) is 37.5 Å². The summed E-state index contributed by atoms with van der Waals surface area (Å²) in [7, 11) is 0. The second kappa shape index (κ2) is 5.50. The van der Waals surface area contributed by atoms with E-state index in [2.05, 4.69) is 0 Å². The van der Waals surface area contributed by atoms with Crippen LogP contribution in [0.2, 0.25) is 5.02 Å². The standard InChI is InChI=1S/C14H16ClF3N2O/c1-13(19,14(16,17)18)12(21)20-7-3-6-11(20)9-4-2-5-10(15)8-9/h2,4-5,8,11H,3,6-7,19H2,1H3. The fourth-order valence-corrected chi connectivity index (χ4v) is 2.69. The quantitative estimate of drug-likeness (QED) is 0.909. The largest absolute Gasteiger partial charge is 0.415 e. The van der Waals surface area contributed by atoms with Gasteiger partial charge in [0.25, 0.3) is 5.91 Å². The molecule has 116 valence electrons. The Bertz CT molecular complexity index is 545. The van der Waals surface area contributed by atoms with Crippen molar-refractivity contribution in [2.45, 2.75) is 37.5 Å². The lowest BCUT2D eigenvalue weighted by molar-refractivity contribution is -0.194. The first-order chi connectivity index (χ1) is 9.64. The predicted molar refractivity (Wildman–Crippen MR) is 73.8 cm³/mol. The van der Waals surface area contributed by atoms with Gasteiger partial charge < -0.3 is 10.6 Å². The van der Waals surface area contributed by atoms with Crippen molar-refractivity contribution in [3.05, 3.63) is 34.9 Å². The molecule has 1 amide bonds. The van der Waals surface area contributed by atoms with Gasteiger partial charge in [-0.15, -0.1) is 0 Å². The Balaban J connectivity index is 2.29. The molecule has 2 atom stereocenters. The van der Waals surface area contributed by atoms with Crippen molar-refractivity contribution in [3.8, 4) is 0 Å². The number of alkyl halides is 3. The van der Waals surface area contributed by atoms with E-state index in [1.165, 1.54) is 4.90 Å². The van der Waals surface area contributed by atoms with Gasteiger partial charge in [0.15, 0.2) is 5.54 Å². The molecule has 1 aliphatic rings. The molecule has 0 spiro atoms. The van der Waals surface area contributed by atoms with Gasteiger partial charge >= 0.3 is 6.18 Å². The molecule has 1 saturated heterocycles. The fourth-order valence-electron chi connectivity index (χ4n) is 2.49. The fraction of sp³-hybridized carbons (Fsp3) is 0.500. The number of rotatable bonds is 2. The molecule has 2 unspecified atom stereocenters. The summed E-state index contributed by atoms with van der Waals surface area (Å²) in [5, 5.41) is 0.484. The van der Waals surface area contributed by atoms with Gasteiger partial charge in [0, 0.05) is 11.6 Å². The Morgan fingerprint density at radius 2 is 2.10 bits per heavy atom. The highest BCUT2D eigenvalue weighted by molar-refractivity contribution is 6.30. The van der Waals surface area contributed by atoms with Crippen LogP contribution in [0.5, 0.6) is 0 Å². The van der Waals surface area contributed by atoms with Crippen molar-refractivity contribution in [2.75, 3.05) is 6.54 Å². The summed E-state index contributed by atoms with van der Waals surface area (Å²) in [6.45, 7) is 0.974. The minimum absolute atomic E-state index is 0.263. The van der Waals surface area contributed by atoms with Gasteiger partial charge in [-0.1, -0.05) is 23.7 Å². The van der Waals surface area contributed by atoms with Crippen molar-refractivity contribution in [2.24, 2.45) is 5.73 Å². The molecule has 0 aromatic heterocycles. The molecule has 0 radical (unpaired) electrons.